The molecule has 0 aliphatic heterocycles. The van der Waals surface area contributed by atoms with Gasteiger partial charge in [0.25, 0.3) is 0 Å². The minimum atomic E-state index is -0.678. The molecule has 2 heteroatoms. The standard InChI is InChI=1S/C10H17NS/c1-12(2,3)10(11)9-7-5-4-6-8-9/h4-8,10H,11H2,1-3H3. The average molecular weight is 183 g/mol. The van der Waals surface area contributed by atoms with Gasteiger partial charge in [0.15, 0.2) is 0 Å². The molecule has 1 aromatic rings. The van der Waals surface area contributed by atoms with Crippen LogP contribution in [0.5, 0.6) is 0 Å². The van der Waals surface area contributed by atoms with Gasteiger partial charge in [-0.05, 0) is 24.3 Å². The smallest absolute Gasteiger partial charge is 0.0604 e. The molecule has 0 amide bonds. The summed E-state index contributed by atoms with van der Waals surface area (Å²) in [6.07, 6.45) is 6.72. The minimum Gasteiger partial charge on any atom is -0.317 e. The third kappa shape index (κ3) is 2.26. The van der Waals surface area contributed by atoms with E-state index in [2.05, 4.69) is 30.9 Å². The molecule has 0 bridgehead atoms. The van der Waals surface area contributed by atoms with Crippen molar-refractivity contribution in [2.24, 2.45) is 5.73 Å². The van der Waals surface area contributed by atoms with Gasteiger partial charge in [-0.1, -0.05) is 30.3 Å². The first-order chi connectivity index (χ1) is 5.52. The molecular formula is C10H17NS. The van der Waals surface area contributed by atoms with Crippen molar-refractivity contribution in [1.29, 1.82) is 0 Å². The van der Waals surface area contributed by atoms with Crippen LogP contribution in [0.2, 0.25) is 0 Å². The maximum absolute atomic E-state index is 6.11. The topological polar surface area (TPSA) is 26.0 Å². The Morgan fingerprint density at radius 3 is 2.00 bits per heavy atom. The summed E-state index contributed by atoms with van der Waals surface area (Å²) >= 11 is 0. The summed E-state index contributed by atoms with van der Waals surface area (Å²) in [5.74, 6) is 0. The van der Waals surface area contributed by atoms with E-state index in [9.17, 15) is 0 Å². The first-order valence-electron chi connectivity index (χ1n) is 3.99. The van der Waals surface area contributed by atoms with E-state index in [-0.39, 0.29) is 5.37 Å². The van der Waals surface area contributed by atoms with Crippen LogP contribution in [0.4, 0.5) is 0 Å². The van der Waals surface area contributed by atoms with Crippen molar-refractivity contribution in [2.75, 3.05) is 18.8 Å². The molecule has 0 spiro atoms. The van der Waals surface area contributed by atoms with Gasteiger partial charge in [-0.2, -0.15) is 0 Å². The zero-order valence-electron chi connectivity index (χ0n) is 7.95. The van der Waals surface area contributed by atoms with Crippen molar-refractivity contribution in [3.63, 3.8) is 0 Å². The molecule has 1 unspecified atom stereocenters. The first-order valence-corrected chi connectivity index (χ1v) is 6.91. The summed E-state index contributed by atoms with van der Waals surface area (Å²) in [5.41, 5.74) is 7.36. The van der Waals surface area contributed by atoms with Gasteiger partial charge < -0.3 is 5.73 Å². The molecular weight excluding hydrogens is 166 g/mol. The predicted octanol–water partition coefficient (Wildman–Crippen LogP) is 2.34. The minimum absolute atomic E-state index is 0.207. The zero-order chi connectivity index (χ0) is 9.19. The van der Waals surface area contributed by atoms with Gasteiger partial charge in [-0.25, -0.2) is 10.0 Å². The fraction of sp³-hybridized carbons (Fsp3) is 0.400. The van der Waals surface area contributed by atoms with E-state index in [0.717, 1.165) is 0 Å². The van der Waals surface area contributed by atoms with Crippen molar-refractivity contribution in [2.45, 2.75) is 5.37 Å². The van der Waals surface area contributed by atoms with E-state index in [1.54, 1.807) is 0 Å². The van der Waals surface area contributed by atoms with Gasteiger partial charge in [0.2, 0.25) is 0 Å². The van der Waals surface area contributed by atoms with Crippen LogP contribution >= 0.6 is 10.0 Å². The lowest BCUT2D eigenvalue weighted by molar-refractivity contribution is 1.02. The third-order valence-electron chi connectivity index (χ3n) is 1.89. The van der Waals surface area contributed by atoms with Crippen LogP contribution in [0.1, 0.15) is 10.9 Å². The molecule has 1 atom stereocenters. The highest BCUT2D eigenvalue weighted by atomic mass is 32.3. The number of nitrogens with two attached hydrogens (primary N) is 1. The van der Waals surface area contributed by atoms with E-state index in [1.165, 1.54) is 5.56 Å². The van der Waals surface area contributed by atoms with Crippen LogP contribution < -0.4 is 5.73 Å². The second-order valence-electron chi connectivity index (χ2n) is 3.76. The maximum Gasteiger partial charge on any atom is 0.0604 e. The molecule has 68 valence electrons. The summed E-state index contributed by atoms with van der Waals surface area (Å²) in [6.45, 7) is 0. The molecule has 1 rings (SSSR count). The van der Waals surface area contributed by atoms with Gasteiger partial charge in [0.05, 0.1) is 5.37 Å². The molecule has 2 N–H and O–H groups in total. The zero-order valence-corrected chi connectivity index (χ0v) is 8.77. The van der Waals surface area contributed by atoms with Gasteiger partial charge in [0, 0.05) is 0 Å². The van der Waals surface area contributed by atoms with Gasteiger partial charge in [-0.3, -0.25) is 0 Å². The van der Waals surface area contributed by atoms with Crippen LogP contribution in [0.15, 0.2) is 30.3 Å². The van der Waals surface area contributed by atoms with Crippen LogP contribution in [-0.2, 0) is 0 Å². The van der Waals surface area contributed by atoms with Crippen LogP contribution in [0, 0.1) is 0 Å². The largest absolute Gasteiger partial charge is 0.317 e. The third-order valence-corrected chi connectivity index (χ3v) is 3.69. The number of benzene rings is 1. The lowest BCUT2D eigenvalue weighted by atomic mass is 10.2. The highest BCUT2D eigenvalue weighted by molar-refractivity contribution is 8.32. The Morgan fingerprint density at radius 2 is 1.58 bits per heavy atom. The lowest BCUT2D eigenvalue weighted by Gasteiger charge is -2.33. The molecule has 0 saturated heterocycles. The highest BCUT2D eigenvalue weighted by Gasteiger charge is 2.16. The van der Waals surface area contributed by atoms with E-state index in [0.29, 0.717) is 0 Å². The van der Waals surface area contributed by atoms with Crippen molar-refractivity contribution in [3.05, 3.63) is 35.9 Å². The number of hydrogen-bond acceptors (Lipinski definition) is 1. The van der Waals surface area contributed by atoms with Crippen LogP contribution in [0.3, 0.4) is 0 Å². The van der Waals surface area contributed by atoms with Gasteiger partial charge in [-0.15, -0.1) is 0 Å². The monoisotopic (exact) mass is 183 g/mol. The second kappa shape index (κ2) is 3.50. The number of hydrogen-bond donors (Lipinski definition) is 1. The molecule has 0 saturated carbocycles. The fourth-order valence-electron chi connectivity index (χ4n) is 1.05. The summed E-state index contributed by atoms with van der Waals surface area (Å²) in [6, 6.07) is 10.3. The molecule has 0 fully saturated rings. The quantitative estimate of drug-likeness (QED) is 0.748. The normalized spacial score (nSPS) is 15.7. The van der Waals surface area contributed by atoms with Crippen molar-refractivity contribution < 1.29 is 0 Å². The Kier molecular flexibility index (Phi) is 2.80. The Balaban J connectivity index is 2.86. The molecule has 0 radical (unpaired) electrons. The lowest BCUT2D eigenvalue weighted by Crippen LogP contribution is -2.16. The SMILES string of the molecule is CS(C)(C)C(N)c1ccccc1. The average Bonchev–Trinajstić information content (AvgIpc) is 2.03. The molecule has 12 heavy (non-hydrogen) atoms. The van der Waals surface area contributed by atoms with E-state index in [1.807, 2.05) is 18.2 Å². The molecule has 0 aromatic heterocycles. The summed E-state index contributed by atoms with van der Waals surface area (Å²) in [5, 5.41) is 0.207. The molecule has 1 aromatic carbocycles. The second-order valence-corrected chi connectivity index (χ2v) is 8.13. The molecule has 0 aliphatic carbocycles. The number of rotatable bonds is 2. The van der Waals surface area contributed by atoms with Crippen molar-refractivity contribution in [1.82, 2.24) is 0 Å². The van der Waals surface area contributed by atoms with E-state index < -0.39 is 10.0 Å². The van der Waals surface area contributed by atoms with Crippen molar-refractivity contribution >= 4 is 10.0 Å². The Bertz CT molecular complexity index is 238. The van der Waals surface area contributed by atoms with Crippen LogP contribution in [-0.4, -0.2) is 18.8 Å². The van der Waals surface area contributed by atoms with E-state index in [4.69, 9.17) is 5.73 Å². The Hall–Kier alpha value is -0.470. The maximum atomic E-state index is 6.11. The Labute approximate surface area is 76.3 Å². The first kappa shape index (κ1) is 9.62. The molecule has 1 nitrogen and oxygen atoms in total. The molecule has 0 heterocycles. The van der Waals surface area contributed by atoms with Crippen molar-refractivity contribution in [3.8, 4) is 0 Å². The molecule has 0 aliphatic rings. The fourth-order valence-corrected chi connectivity index (χ4v) is 2.02. The van der Waals surface area contributed by atoms with E-state index >= 15 is 0 Å². The van der Waals surface area contributed by atoms with Gasteiger partial charge in [0.1, 0.15) is 0 Å². The summed E-state index contributed by atoms with van der Waals surface area (Å²) < 4.78 is 0. The highest BCUT2D eigenvalue weighted by Crippen LogP contribution is 2.47. The van der Waals surface area contributed by atoms with Gasteiger partial charge >= 0.3 is 0 Å². The predicted molar refractivity (Wildman–Crippen MR) is 58.7 cm³/mol. The summed E-state index contributed by atoms with van der Waals surface area (Å²) in [7, 11) is -0.678. The summed E-state index contributed by atoms with van der Waals surface area (Å²) in [4.78, 5) is 0. The van der Waals surface area contributed by atoms with Crippen LogP contribution in [0.25, 0.3) is 0 Å². The Morgan fingerprint density at radius 1 is 1.08 bits per heavy atom.